The maximum absolute atomic E-state index is 9.52. The minimum absolute atomic E-state index is 0.0454. The summed E-state index contributed by atoms with van der Waals surface area (Å²) in [5.41, 5.74) is 2.64. The van der Waals surface area contributed by atoms with Gasteiger partial charge in [-0.2, -0.15) is 0 Å². The second kappa shape index (κ2) is 5.64. The molecular formula is C15H23NOS. The first kappa shape index (κ1) is 13.9. The Labute approximate surface area is 114 Å². The standard InChI is InChI=1S/C15H23NOS/c1-11-4-5-14(12(2)8-11)18-13-6-7-15(9-13,10-17)16-3/h4-5,8,13,16-17H,6-7,9-10H2,1-3H3. The molecule has 2 atom stereocenters. The third kappa shape index (κ3) is 2.90. The molecule has 2 nitrogen and oxygen atoms in total. The predicted octanol–water partition coefficient (Wildman–Crippen LogP) is 2.90. The molecule has 1 aliphatic carbocycles. The van der Waals surface area contributed by atoms with E-state index in [2.05, 4.69) is 37.4 Å². The molecule has 0 radical (unpaired) electrons. The molecule has 1 aromatic carbocycles. The number of aliphatic hydroxyl groups is 1. The van der Waals surface area contributed by atoms with Gasteiger partial charge in [-0.05, 0) is 51.8 Å². The van der Waals surface area contributed by atoms with E-state index >= 15 is 0 Å². The van der Waals surface area contributed by atoms with Crippen molar-refractivity contribution < 1.29 is 5.11 Å². The smallest absolute Gasteiger partial charge is 0.0613 e. The molecule has 0 saturated heterocycles. The number of benzene rings is 1. The summed E-state index contributed by atoms with van der Waals surface area (Å²) in [7, 11) is 1.96. The van der Waals surface area contributed by atoms with E-state index in [0.29, 0.717) is 5.25 Å². The maximum atomic E-state index is 9.52. The topological polar surface area (TPSA) is 32.3 Å². The Hall–Kier alpha value is -0.510. The fourth-order valence-electron chi connectivity index (χ4n) is 2.74. The van der Waals surface area contributed by atoms with Crippen molar-refractivity contribution in [1.29, 1.82) is 0 Å². The van der Waals surface area contributed by atoms with E-state index in [4.69, 9.17) is 0 Å². The zero-order valence-electron chi connectivity index (χ0n) is 11.5. The van der Waals surface area contributed by atoms with E-state index in [1.165, 1.54) is 22.4 Å². The summed E-state index contributed by atoms with van der Waals surface area (Å²) in [6.45, 7) is 4.56. The fraction of sp³-hybridized carbons (Fsp3) is 0.600. The van der Waals surface area contributed by atoms with Crippen LogP contribution < -0.4 is 5.32 Å². The van der Waals surface area contributed by atoms with Crippen LogP contribution in [0.15, 0.2) is 23.1 Å². The summed E-state index contributed by atoms with van der Waals surface area (Å²) in [5, 5.41) is 13.4. The van der Waals surface area contributed by atoms with Gasteiger partial charge in [0, 0.05) is 15.7 Å². The number of likely N-dealkylation sites (N-methyl/N-ethyl adjacent to an activating group) is 1. The minimum Gasteiger partial charge on any atom is -0.394 e. The second-order valence-electron chi connectivity index (χ2n) is 5.44. The largest absolute Gasteiger partial charge is 0.394 e. The lowest BCUT2D eigenvalue weighted by Crippen LogP contribution is -2.44. The number of thioether (sulfide) groups is 1. The van der Waals surface area contributed by atoms with Crippen LogP contribution in [0.25, 0.3) is 0 Å². The minimum atomic E-state index is -0.0454. The van der Waals surface area contributed by atoms with Crippen molar-refractivity contribution in [3.8, 4) is 0 Å². The van der Waals surface area contributed by atoms with E-state index < -0.39 is 0 Å². The van der Waals surface area contributed by atoms with Gasteiger partial charge in [0.2, 0.25) is 0 Å². The van der Waals surface area contributed by atoms with Gasteiger partial charge in [0.05, 0.1) is 6.61 Å². The molecule has 100 valence electrons. The van der Waals surface area contributed by atoms with Crippen molar-refractivity contribution in [2.75, 3.05) is 13.7 Å². The summed E-state index contributed by atoms with van der Waals surface area (Å²) >= 11 is 1.97. The summed E-state index contributed by atoms with van der Waals surface area (Å²) in [5.74, 6) is 0. The van der Waals surface area contributed by atoms with Crippen LogP contribution in [0.3, 0.4) is 0 Å². The Morgan fingerprint density at radius 1 is 1.44 bits per heavy atom. The van der Waals surface area contributed by atoms with Crippen molar-refractivity contribution in [2.24, 2.45) is 0 Å². The Balaban J connectivity index is 2.03. The van der Waals surface area contributed by atoms with Crippen LogP contribution in [-0.2, 0) is 0 Å². The number of hydrogen-bond acceptors (Lipinski definition) is 3. The van der Waals surface area contributed by atoms with Gasteiger partial charge in [0.15, 0.2) is 0 Å². The van der Waals surface area contributed by atoms with Gasteiger partial charge >= 0.3 is 0 Å². The molecule has 0 heterocycles. The van der Waals surface area contributed by atoms with E-state index in [-0.39, 0.29) is 12.1 Å². The van der Waals surface area contributed by atoms with Gasteiger partial charge in [-0.25, -0.2) is 0 Å². The van der Waals surface area contributed by atoms with Gasteiger partial charge in [0.25, 0.3) is 0 Å². The lowest BCUT2D eigenvalue weighted by molar-refractivity contribution is 0.173. The Kier molecular flexibility index (Phi) is 4.36. The van der Waals surface area contributed by atoms with Gasteiger partial charge in [0.1, 0.15) is 0 Å². The van der Waals surface area contributed by atoms with Crippen molar-refractivity contribution >= 4 is 11.8 Å². The van der Waals surface area contributed by atoms with E-state index in [1.807, 2.05) is 18.8 Å². The first-order valence-electron chi connectivity index (χ1n) is 6.62. The van der Waals surface area contributed by atoms with Crippen LogP contribution in [0.1, 0.15) is 30.4 Å². The Morgan fingerprint density at radius 2 is 2.22 bits per heavy atom. The van der Waals surface area contributed by atoms with Crippen LogP contribution in [0.5, 0.6) is 0 Å². The average Bonchev–Trinajstić information content (AvgIpc) is 2.77. The summed E-state index contributed by atoms with van der Waals surface area (Å²) in [6.07, 6.45) is 3.31. The molecule has 1 aliphatic rings. The van der Waals surface area contributed by atoms with E-state index in [0.717, 1.165) is 12.8 Å². The highest BCUT2D eigenvalue weighted by Gasteiger charge is 2.37. The zero-order valence-corrected chi connectivity index (χ0v) is 12.3. The van der Waals surface area contributed by atoms with E-state index in [1.54, 1.807) is 0 Å². The van der Waals surface area contributed by atoms with Gasteiger partial charge in [-0.15, -0.1) is 11.8 Å². The fourth-order valence-corrected chi connectivity index (χ4v) is 4.13. The molecule has 1 saturated carbocycles. The molecule has 0 aromatic heterocycles. The number of rotatable bonds is 4. The third-order valence-corrected chi connectivity index (χ3v) is 5.47. The van der Waals surface area contributed by atoms with Crippen molar-refractivity contribution in [3.63, 3.8) is 0 Å². The van der Waals surface area contributed by atoms with E-state index in [9.17, 15) is 5.11 Å². The van der Waals surface area contributed by atoms with Crippen LogP contribution in [0.4, 0.5) is 0 Å². The predicted molar refractivity (Wildman–Crippen MR) is 78.3 cm³/mol. The summed E-state index contributed by atoms with van der Waals surface area (Å²) < 4.78 is 0. The molecule has 0 bridgehead atoms. The molecule has 0 aliphatic heterocycles. The van der Waals surface area contributed by atoms with Crippen molar-refractivity contribution in [2.45, 2.75) is 48.8 Å². The van der Waals surface area contributed by atoms with Crippen molar-refractivity contribution in [3.05, 3.63) is 29.3 Å². The second-order valence-corrected chi connectivity index (χ2v) is 6.78. The molecule has 18 heavy (non-hydrogen) atoms. The quantitative estimate of drug-likeness (QED) is 0.878. The number of hydrogen-bond donors (Lipinski definition) is 2. The van der Waals surface area contributed by atoms with Gasteiger partial charge in [-0.1, -0.05) is 17.7 Å². The molecule has 0 amide bonds. The van der Waals surface area contributed by atoms with Crippen LogP contribution in [0, 0.1) is 13.8 Å². The summed E-state index contributed by atoms with van der Waals surface area (Å²) in [4.78, 5) is 1.38. The molecule has 2 N–H and O–H groups in total. The highest BCUT2D eigenvalue weighted by Crippen LogP contribution is 2.40. The molecule has 1 fully saturated rings. The maximum Gasteiger partial charge on any atom is 0.0613 e. The lowest BCUT2D eigenvalue weighted by atomic mass is 10.00. The number of aliphatic hydroxyl groups excluding tert-OH is 1. The Morgan fingerprint density at radius 3 is 2.78 bits per heavy atom. The molecule has 2 unspecified atom stereocenters. The van der Waals surface area contributed by atoms with Gasteiger partial charge in [-0.3, -0.25) is 0 Å². The normalized spacial score (nSPS) is 27.7. The van der Waals surface area contributed by atoms with Crippen LogP contribution in [0.2, 0.25) is 0 Å². The van der Waals surface area contributed by atoms with Crippen LogP contribution >= 0.6 is 11.8 Å². The SMILES string of the molecule is CNC1(CO)CCC(Sc2ccc(C)cc2C)C1. The molecule has 3 heteroatoms. The monoisotopic (exact) mass is 265 g/mol. The van der Waals surface area contributed by atoms with Gasteiger partial charge < -0.3 is 10.4 Å². The average molecular weight is 265 g/mol. The number of nitrogens with one attached hydrogen (secondary N) is 1. The lowest BCUT2D eigenvalue weighted by Gasteiger charge is -2.26. The highest BCUT2D eigenvalue weighted by atomic mass is 32.2. The number of aryl methyl sites for hydroxylation is 2. The highest BCUT2D eigenvalue weighted by molar-refractivity contribution is 8.00. The van der Waals surface area contributed by atoms with Crippen molar-refractivity contribution in [1.82, 2.24) is 5.32 Å². The third-order valence-electron chi connectivity index (χ3n) is 4.02. The molecule has 1 aromatic rings. The summed E-state index contributed by atoms with van der Waals surface area (Å²) in [6, 6.07) is 6.66. The molecular weight excluding hydrogens is 242 g/mol. The Bertz CT molecular complexity index is 415. The van der Waals surface area contributed by atoms with Crippen LogP contribution in [-0.4, -0.2) is 29.5 Å². The molecule has 2 rings (SSSR count). The zero-order chi connectivity index (χ0) is 13.2. The first-order chi connectivity index (χ1) is 8.58. The molecule has 0 spiro atoms. The first-order valence-corrected chi connectivity index (χ1v) is 7.50.